The number of rotatable bonds is 6. The fraction of sp³-hybridized carbons (Fsp3) is 0.316. The highest BCUT2D eigenvalue weighted by Crippen LogP contribution is 2.11. The van der Waals surface area contributed by atoms with Crippen LogP contribution in [0.1, 0.15) is 29.8 Å². The van der Waals surface area contributed by atoms with Crippen LogP contribution in [0.15, 0.2) is 52.1 Å². The lowest BCUT2D eigenvalue weighted by molar-refractivity contribution is 0.463. The second-order valence-electron chi connectivity index (χ2n) is 5.92. The van der Waals surface area contributed by atoms with Crippen molar-refractivity contribution in [1.29, 1.82) is 0 Å². The summed E-state index contributed by atoms with van der Waals surface area (Å²) in [6.45, 7) is 7.73. The van der Waals surface area contributed by atoms with E-state index in [0.29, 0.717) is 19.0 Å². The van der Waals surface area contributed by atoms with Gasteiger partial charge in [-0.25, -0.2) is 14.7 Å². The van der Waals surface area contributed by atoms with Crippen LogP contribution in [0.3, 0.4) is 0 Å². The lowest BCUT2D eigenvalue weighted by atomic mass is 10.2. The number of benzene rings is 1. The zero-order chi connectivity index (χ0) is 18.4. The molecule has 3 aromatic rings. The van der Waals surface area contributed by atoms with Crippen molar-refractivity contribution in [3.05, 3.63) is 65.6 Å². The van der Waals surface area contributed by atoms with Crippen molar-refractivity contribution in [2.75, 3.05) is 6.54 Å². The largest absolute Gasteiger partial charge is 0.444 e. The van der Waals surface area contributed by atoms with Gasteiger partial charge in [0.2, 0.25) is 5.89 Å². The molecule has 0 bridgehead atoms. The number of aliphatic imine (C=N–C) groups is 1. The molecule has 2 N–H and O–H groups in total. The van der Waals surface area contributed by atoms with E-state index >= 15 is 0 Å². The van der Waals surface area contributed by atoms with E-state index < -0.39 is 0 Å². The molecule has 7 nitrogen and oxygen atoms in total. The van der Waals surface area contributed by atoms with Crippen LogP contribution in [0, 0.1) is 13.8 Å². The molecule has 1 aromatic carbocycles. The number of hydrogen-bond acceptors (Lipinski definition) is 4. The van der Waals surface area contributed by atoms with Crippen molar-refractivity contribution in [2.45, 2.75) is 33.9 Å². The fourth-order valence-electron chi connectivity index (χ4n) is 2.51. The van der Waals surface area contributed by atoms with E-state index in [1.165, 1.54) is 0 Å². The van der Waals surface area contributed by atoms with Gasteiger partial charge < -0.3 is 15.1 Å². The Morgan fingerprint density at radius 2 is 2.12 bits per heavy atom. The molecule has 0 unspecified atom stereocenters. The van der Waals surface area contributed by atoms with Gasteiger partial charge in [0.05, 0.1) is 24.5 Å². The number of nitrogens with zero attached hydrogens (tertiary/aromatic N) is 4. The van der Waals surface area contributed by atoms with Gasteiger partial charge in [-0.1, -0.05) is 12.1 Å². The number of aryl methyl sites for hydroxylation is 2. The number of oxazole rings is 1. The molecule has 3 rings (SSSR count). The summed E-state index contributed by atoms with van der Waals surface area (Å²) in [5.74, 6) is 2.23. The smallest absolute Gasteiger partial charge is 0.214 e. The number of aromatic nitrogens is 3. The van der Waals surface area contributed by atoms with E-state index in [9.17, 15) is 0 Å². The molecule has 2 heterocycles. The van der Waals surface area contributed by atoms with E-state index in [1.54, 1.807) is 6.20 Å². The van der Waals surface area contributed by atoms with Crippen LogP contribution in [-0.2, 0) is 13.1 Å². The van der Waals surface area contributed by atoms with Crippen LogP contribution in [-0.4, -0.2) is 27.3 Å². The average molecular weight is 352 g/mol. The highest BCUT2D eigenvalue weighted by Gasteiger charge is 2.06. The van der Waals surface area contributed by atoms with Crippen molar-refractivity contribution in [1.82, 2.24) is 25.4 Å². The quantitative estimate of drug-likeness (QED) is 0.527. The summed E-state index contributed by atoms with van der Waals surface area (Å²) in [5, 5.41) is 10.8. The van der Waals surface area contributed by atoms with Gasteiger partial charge in [0.1, 0.15) is 5.76 Å². The molecular formula is C19H24N6O. The first-order valence-electron chi connectivity index (χ1n) is 8.69. The van der Waals surface area contributed by atoms with Crippen LogP contribution < -0.4 is 10.6 Å². The SMILES string of the molecule is CCNC(=NCc1cccc(-n2cccn2)c1)NCc1nc(C)c(C)o1. The van der Waals surface area contributed by atoms with Gasteiger partial charge in [-0.2, -0.15) is 5.10 Å². The average Bonchev–Trinajstić information content (AvgIpc) is 3.28. The molecule has 0 aliphatic carbocycles. The molecule has 0 aliphatic heterocycles. The second kappa shape index (κ2) is 8.33. The number of nitrogens with one attached hydrogen (secondary N) is 2. The maximum atomic E-state index is 5.60. The number of hydrogen-bond donors (Lipinski definition) is 2. The third kappa shape index (κ3) is 4.50. The molecule has 0 fully saturated rings. The van der Waals surface area contributed by atoms with Crippen molar-refractivity contribution < 1.29 is 4.42 Å². The molecular weight excluding hydrogens is 328 g/mol. The van der Waals surface area contributed by atoms with E-state index in [2.05, 4.69) is 37.8 Å². The standard InChI is InChI=1S/C19H24N6O/c1-4-20-19(22-13-18-24-14(2)15(3)26-18)21-12-16-7-5-8-17(11-16)25-10-6-9-23-25/h5-11H,4,12-13H2,1-3H3,(H2,20,21,22). The van der Waals surface area contributed by atoms with E-state index in [4.69, 9.17) is 4.42 Å². The predicted molar refractivity (Wildman–Crippen MR) is 101 cm³/mol. The lowest BCUT2D eigenvalue weighted by Crippen LogP contribution is -2.36. The Labute approximate surface area is 153 Å². The van der Waals surface area contributed by atoms with Crippen LogP contribution in [0.25, 0.3) is 5.69 Å². The normalized spacial score (nSPS) is 11.6. The minimum Gasteiger partial charge on any atom is -0.444 e. The van der Waals surface area contributed by atoms with E-state index in [1.807, 2.05) is 49.8 Å². The summed E-state index contributed by atoms with van der Waals surface area (Å²) in [5.41, 5.74) is 3.04. The van der Waals surface area contributed by atoms with Gasteiger partial charge in [0.25, 0.3) is 0 Å². The molecule has 0 amide bonds. The molecule has 2 aromatic heterocycles. The van der Waals surface area contributed by atoms with Crippen LogP contribution in [0.5, 0.6) is 0 Å². The Morgan fingerprint density at radius 3 is 2.81 bits per heavy atom. The number of guanidine groups is 1. The molecule has 26 heavy (non-hydrogen) atoms. The van der Waals surface area contributed by atoms with Gasteiger partial charge in [-0.3, -0.25) is 0 Å². The highest BCUT2D eigenvalue weighted by molar-refractivity contribution is 5.79. The van der Waals surface area contributed by atoms with Gasteiger partial charge in [0.15, 0.2) is 5.96 Å². The summed E-state index contributed by atoms with van der Waals surface area (Å²) >= 11 is 0. The maximum Gasteiger partial charge on any atom is 0.214 e. The Hall–Kier alpha value is -3.09. The third-order valence-corrected chi connectivity index (χ3v) is 3.92. The maximum absolute atomic E-state index is 5.60. The Morgan fingerprint density at radius 1 is 1.23 bits per heavy atom. The monoisotopic (exact) mass is 352 g/mol. The molecule has 0 aliphatic rings. The van der Waals surface area contributed by atoms with Gasteiger partial charge in [-0.05, 0) is 44.5 Å². The molecule has 0 saturated carbocycles. The van der Waals surface area contributed by atoms with Crippen molar-refractivity contribution in [3.63, 3.8) is 0 Å². The summed E-state index contributed by atoms with van der Waals surface area (Å²) < 4.78 is 7.43. The third-order valence-electron chi connectivity index (χ3n) is 3.92. The van der Waals surface area contributed by atoms with Crippen molar-refractivity contribution >= 4 is 5.96 Å². The summed E-state index contributed by atoms with van der Waals surface area (Å²) in [7, 11) is 0. The first kappa shape index (κ1) is 17.7. The summed E-state index contributed by atoms with van der Waals surface area (Å²) in [6, 6.07) is 10.1. The zero-order valence-corrected chi connectivity index (χ0v) is 15.4. The zero-order valence-electron chi connectivity index (χ0n) is 15.4. The fourth-order valence-corrected chi connectivity index (χ4v) is 2.51. The van der Waals surface area contributed by atoms with Crippen molar-refractivity contribution in [3.8, 4) is 5.69 Å². The molecule has 0 radical (unpaired) electrons. The van der Waals surface area contributed by atoms with Gasteiger partial charge in [-0.15, -0.1) is 0 Å². The minimum absolute atomic E-state index is 0.494. The Balaban J connectivity index is 1.66. The summed E-state index contributed by atoms with van der Waals surface area (Å²) in [6.07, 6.45) is 3.69. The van der Waals surface area contributed by atoms with Gasteiger partial charge in [0, 0.05) is 18.9 Å². The minimum atomic E-state index is 0.494. The molecule has 0 atom stereocenters. The topological polar surface area (TPSA) is 80.3 Å². The van der Waals surface area contributed by atoms with Crippen LogP contribution >= 0.6 is 0 Å². The molecule has 0 saturated heterocycles. The van der Waals surface area contributed by atoms with Crippen LogP contribution in [0.4, 0.5) is 0 Å². The first-order chi connectivity index (χ1) is 12.7. The van der Waals surface area contributed by atoms with E-state index in [-0.39, 0.29) is 0 Å². The first-order valence-corrected chi connectivity index (χ1v) is 8.69. The lowest BCUT2D eigenvalue weighted by Gasteiger charge is -2.10. The van der Waals surface area contributed by atoms with E-state index in [0.717, 1.165) is 35.2 Å². The molecule has 0 spiro atoms. The molecule has 136 valence electrons. The molecule has 7 heteroatoms. The predicted octanol–water partition coefficient (Wildman–Crippen LogP) is 2.73. The highest BCUT2D eigenvalue weighted by atomic mass is 16.4. The van der Waals surface area contributed by atoms with Crippen molar-refractivity contribution in [2.24, 2.45) is 4.99 Å². The summed E-state index contributed by atoms with van der Waals surface area (Å²) in [4.78, 5) is 9.02. The van der Waals surface area contributed by atoms with Crippen LogP contribution in [0.2, 0.25) is 0 Å². The Bertz CT molecular complexity index is 847. The van der Waals surface area contributed by atoms with Gasteiger partial charge >= 0.3 is 0 Å². The second-order valence-corrected chi connectivity index (χ2v) is 5.92. The Kier molecular flexibility index (Phi) is 5.68.